The van der Waals surface area contributed by atoms with Gasteiger partial charge >= 0.3 is 5.70 Å². The summed E-state index contributed by atoms with van der Waals surface area (Å²) in [5.74, 6) is 0.960. The molecule has 19 heavy (non-hydrogen) atoms. The highest BCUT2D eigenvalue weighted by atomic mass is 16.5. The van der Waals surface area contributed by atoms with E-state index in [-0.39, 0.29) is 11.5 Å². The molecule has 5 nitrogen and oxygen atoms in total. The van der Waals surface area contributed by atoms with Crippen molar-refractivity contribution in [2.24, 2.45) is 0 Å². The molecule has 0 aliphatic heterocycles. The molecular weight excluding hydrogens is 244 g/mol. The standard InChI is InChI=1S/C14H10N2O3/c1-18-8-5-3-7-4-6-9(19-2)12-10(7)11(8)13(16-15)14(12)17/h3-6H,1-2H3/p+1. The molecule has 0 radical (unpaired) electrons. The fourth-order valence-corrected chi connectivity index (χ4v) is 2.52. The molecule has 1 N–H and O–H groups in total. The SMILES string of the molecule is COc1ccc2ccc(OC)c3c2c1C(O)=C3[N+]#N. The zero-order chi connectivity index (χ0) is 13.6. The van der Waals surface area contributed by atoms with Gasteiger partial charge in [-0.15, -0.1) is 0 Å². The molecule has 3 rings (SSSR count). The van der Waals surface area contributed by atoms with E-state index in [1.165, 1.54) is 14.2 Å². The highest BCUT2D eigenvalue weighted by Gasteiger charge is 2.38. The average molecular weight is 255 g/mol. The number of hydrogen-bond acceptors (Lipinski definition) is 4. The molecule has 1 aliphatic carbocycles. The van der Waals surface area contributed by atoms with Crippen LogP contribution in [0.5, 0.6) is 11.5 Å². The molecule has 0 spiro atoms. The Bertz CT molecular complexity index is 767. The van der Waals surface area contributed by atoms with Crippen LogP contribution < -0.4 is 9.47 Å². The summed E-state index contributed by atoms with van der Waals surface area (Å²) in [7, 11) is 3.06. The fraction of sp³-hybridized carbons (Fsp3) is 0.143. The first-order valence-electron chi connectivity index (χ1n) is 5.69. The number of aliphatic hydroxyl groups excluding tert-OH is 1. The topological polar surface area (TPSA) is 66.8 Å². The molecule has 2 aromatic rings. The van der Waals surface area contributed by atoms with Crippen molar-refractivity contribution in [3.8, 4) is 11.5 Å². The van der Waals surface area contributed by atoms with Crippen LogP contribution in [0.3, 0.4) is 0 Å². The fourth-order valence-electron chi connectivity index (χ4n) is 2.52. The number of aliphatic hydroxyl groups is 1. The third-order valence-electron chi connectivity index (χ3n) is 3.35. The van der Waals surface area contributed by atoms with E-state index in [0.29, 0.717) is 22.6 Å². The molecule has 0 heterocycles. The summed E-state index contributed by atoms with van der Waals surface area (Å²) in [6.45, 7) is 0. The van der Waals surface area contributed by atoms with Crippen LogP contribution >= 0.6 is 0 Å². The molecule has 0 atom stereocenters. The first-order valence-corrected chi connectivity index (χ1v) is 5.69. The second kappa shape index (κ2) is 3.89. The maximum Gasteiger partial charge on any atom is 0.438 e. The molecule has 0 aromatic heterocycles. The highest BCUT2D eigenvalue weighted by Crippen LogP contribution is 2.49. The van der Waals surface area contributed by atoms with Gasteiger partial charge in [-0.3, -0.25) is 0 Å². The van der Waals surface area contributed by atoms with Gasteiger partial charge in [-0.1, -0.05) is 12.1 Å². The third-order valence-corrected chi connectivity index (χ3v) is 3.35. The van der Waals surface area contributed by atoms with Crippen LogP contribution in [-0.4, -0.2) is 19.3 Å². The van der Waals surface area contributed by atoms with Gasteiger partial charge in [0.05, 0.1) is 19.8 Å². The van der Waals surface area contributed by atoms with E-state index < -0.39 is 0 Å². The number of ether oxygens (including phenoxy) is 2. The minimum Gasteiger partial charge on any atom is -0.501 e. The van der Waals surface area contributed by atoms with Crippen LogP contribution in [0.2, 0.25) is 0 Å². The first kappa shape index (κ1) is 11.4. The molecule has 94 valence electrons. The molecule has 0 bridgehead atoms. The van der Waals surface area contributed by atoms with Crippen molar-refractivity contribution in [1.82, 2.24) is 0 Å². The number of diazo groups is 1. The van der Waals surface area contributed by atoms with Crippen LogP contribution in [0.25, 0.3) is 27.2 Å². The summed E-state index contributed by atoms with van der Waals surface area (Å²) < 4.78 is 10.5. The summed E-state index contributed by atoms with van der Waals surface area (Å²) in [6.07, 6.45) is 0. The van der Waals surface area contributed by atoms with Gasteiger partial charge in [0.25, 0.3) is 0 Å². The summed E-state index contributed by atoms with van der Waals surface area (Å²) in [6, 6.07) is 7.31. The third kappa shape index (κ3) is 1.31. The van der Waals surface area contributed by atoms with Crippen molar-refractivity contribution < 1.29 is 14.6 Å². The Labute approximate surface area is 109 Å². The minimum atomic E-state index is -0.107. The van der Waals surface area contributed by atoms with Gasteiger partial charge in [0.1, 0.15) is 17.1 Å². The van der Waals surface area contributed by atoms with E-state index in [1.807, 2.05) is 12.1 Å². The summed E-state index contributed by atoms with van der Waals surface area (Å²) in [4.78, 5) is 3.19. The van der Waals surface area contributed by atoms with Crippen LogP contribution in [-0.2, 0) is 0 Å². The zero-order valence-corrected chi connectivity index (χ0v) is 10.5. The van der Waals surface area contributed by atoms with Gasteiger partial charge in [-0.05, 0) is 17.5 Å². The van der Waals surface area contributed by atoms with E-state index in [1.54, 1.807) is 12.1 Å². The average Bonchev–Trinajstić information content (AvgIpc) is 2.75. The first-order chi connectivity index (χ1) is 9.22. The Morgan fingerprint density at radius 2 is 1.58 bits per heavy atom. The molecule has 1 aliphatic rings. The van der Waals surface area contributed by atoms with E-state index in [0.717, 1.165) is 10.8 Å². The van der Waals surface area contributed by atoms with Gasteiger partial charge < -0.3 is 14.6 Å². The molecule has 0 amide bonds. The zero-order valence-electron chi connectivity index (χ0n) is 10.5. The Morgan fingerprint density at radius 3 is 2.11 bits per heavy atom. The summed E-state index contributed by atoms with van der Waals surface area (Å²) >= 11 is 0. The summed E-state index contributed by atoms with van der Waals surface area (Å²) in [5, 5.41) is 21.1. The van der Waals surface area contributed by atoms with E-state index in [9.17, 15) is 5.11 Å². The van der Waals surface area contributed by atoms with Crippen LogP contribution in [0.15, 0.2) is 24.3 Å². The number of rotatable bonds is 2. The molecule has 0 saturated carbocycles. The second-order valence-electron chi connectivity index (χ2n) is 4.18. The number of benzene rings is 2. The van der Waals surface area contributed by atoms with Gasteiger partial charge in [0, 0.05) is 5.39 Å². The van der Waals surface area contributed by atoms with Gasteiger partial charge in [0.15, 0.2) is 4.98 Å². The largest absolute Gasteiger partial charge is 0.501 e. The van der Waals surface area contributed by atoms with Crippen LogP contribution in [0.4, 0.5) is 0 Å². The van der Waals surface area contributed by atoms with Gasteiger partial charge in [-0.25, -0.2) is 0 Å². The predicted molar refractivity (Wildman–Crippen MR) is 71.6 cm³/mol. The van der Waals surface area contributed by atoms with Crippen molar-refractivity contribution in [3.05, 3.63) is 40.4 Å². The van der Waals surface area contributed by atoms with E-state index in [2.05, 4.69) is 4.98 Å². The van der Waals surface area contributed by atoms with Crippen molar-refractivity contribution in [1.29, 1.82) is 5.39 Å². The van der Waals surface area contributed by atoms with Gasteiger partial charge in [0.2, 0.25) is 11.2 Å². The normalized spacial score (nSPS) is 12.7. The highest BCUT2D eigenvalue weighted by molar-refractivity contribution is 6.16. The second-order valence-corrected chi connectivity index (χ2v) is 4.18. The maximum absolute atomic E-state index is 10.2. The molecule has 0 saturated heterocycles. The Hall–Kier alpha value is -2.74. The predicted octanol–water partition coefficient (Wildman–Crippen LogP) is 3.41. The van der Waals surface area contributed by atoms with Crippen molar-refractivity contribution >= 4 is 22.2 Å². The van der Waals surface area contributed by atoms with Gasteiger partial charge in [-0.2, -0.15) is 0 Å². The Morgan fingerprint density at radius 1 is 1.00 bits per heavy atom. The van der Waals surface area contributed by atoms with Crippen LogP contribution in [0.1, 0.15) is 11.1 Å². The minimum absolute atomic E-state index is 0.0990. The Kier molecular flexibility index (Phi) is 2.32. The smallest absolute Gasteiger partial charge is 0.438 e. The monoisotopic (exact) mass is 255 g/mol. The van der Waals surface area contributed by atoms with Crippen LogP contribution in [0, 0.1) is 5.39 Å². The Balaban J connectivity index is 2.54. The van der Waals surface area contributed by atoms with E-state index >= 15 is 0 Å². The van der Waals surface area contributed by atoms with E-state index in [4.69, 9.17) is 14.9 Å². The number of nitrogens with zero attached hydrogens (tertiary/aromatic N) is 2. The number of methoxy groups -OCH3 is 2. The quantitative estimate of drug-likeness (QED) is 0.835. The van der Waals surface area contributed by atoms with Crippen molar-refractivity contribution in [2.75, 3.05) is 14.2 Å². The molecule has 0 unspecified atom stereocenters. The maximum atomic E-state index is 10.2. The number of hydrogen-bond donors (Lipinski definition) is 1. The molecule has 5 heteroatoms. The molecule has 0 fully saturated rings. The lowest BCUT2D eigenvalue weighted by Gasteiger charge is -2.08. The lowest BCUT2D eigenvalue weighted by molar-refractivity contribution is 0.410. The molecular formula is C14H11N2O3+. The summed E-state index contributed by atoms with van der Waals surface area (Å²) in [5.41, 5.74) is 1.21. The lowest BCUT2D eigenvalue weighted by Crippen LogP contribution is -1.91. The molecule has 2 aromatic carbocycles. The lowest BCUT2D eigenvalue weighted by atomic mass is 10.0. The van der Waals surface area contributed by atoms with Crippen molar-refractivity contribution in [2.45, 2.75) is 0 Å². The van der Waals surface area contributed by atoms with Crippen molar-refractivity contribution in [3.63, 3.8) is 0 Å².